The zero-order valence-electron chi connectivity index (χ0n) is 11.8. The summed E-state index contributed by atoms with van der Waals surface area (Å²) in [6.45, 7) is 0.240. The van der Waals surface area contributed by atoms with Crippen molar-refractivity contribution in [2.45, 2.75) is 30.2 Å². The van der Waals surface area contributed by atoms with Crippen molar-refractivity contribution in [2.75, 3.05) is 6.54 Å². The molecule has 1 aliphatic heterocycles. The Morgan fingerprint density at radius 2 is 2.09 bits per heavy atom. The van der Waals surface area contributed by atoms with Crippen molar-refractivity contribution in [1.29, 1.82) is 0 Å². The molecule has 1 saturated heterocycles. The highest BCUT2D eigenvalue weighted by Gasteiger charge is 2.37. The molecule has 1 N–H and O–H groups in total. The second-order valence-electron chi connectivity index (χ2n) is 5.32. The highest BCUT2D eigenvalue weighted by atomic mass is 32.2. The van der Waals surface area contributed by atoms with Crippen molar-refractivity contribution in [2.24, 2.45) is 0 Å². The van der Waals surface area contributed by atoms with Crippen LogP contribution in [0.15, 0.2) is 41.4 Å². The van der Waals surface area contributed by atoms with Gasteiger partial charge in [-0.3, -0.25) is 9.78 Å². The third-order valence-electron chi connectivity index (χ3n) is 3.92. The quantitative estimate of drug-likeness (QED) is 0.932. The Hall–Kier alpha value is -1.99. The van der Waals surface area contributed by atoms with Gasteiger partial charge < -0.3 is 5.11 Å². The van der Waals surface area contributed by atoms with E-state index in [1.54, 1.807) is 30.5 Å². The number of rotatable bonds is 3. The molecule has 22 heavy (non-hydrogen) atoms. The number of nitrogens with zero attached hydrogens (tertiary/aromatic N) is 2. The molecule has 2 aromatic rings. The first kappa shape index (κ1) is 14.9. The van der Waals surface area contributed by atoms with Crippen LogP contribution < -0.4 is 0 Å². The summed E-state index contributed by atoms with van der Waals surface area (Å²) in [5.74, 6) is -1.09. The number of aromatic nitrogens is 1. The summed E-state index contributed by atoms with van der Waals surface area (Å²) in [6, 6.07) is 7.21. The van der Waals surface area contributed by atoms with Crippen LogP contribution in [0.5, 0.6) is 0 Å². The van der Waals surface area contributed by atoms with Crippen molar-refractivity contribution in [3.8, 4) is 0 Å². The Labute approximate surface area is 128 Å². The minimum absolute atomic E-state index is 0.112. The average molecular weight is 320 g/mol. The summed E-state index contributed by atoms with van der Waals surface area (Å²) in [5, 5.41) is 9.99. The van der Waals surface area contributed by atoms with Gasteiger partial charge in [-0.05, 0) is 43.5 Å². The third-order valence-corrected chi connectivity index (χ3v) is 5.82. The van der Waals surface area contributed by atoms with Crippen LogP contribution in [-0.4, -0.2) is 41.4 Å². The van der Waals surface area contributed by atoms with Gasteiger partial charge in [0.05, 0.1) is 10.4 Å². The summed E-state index contributed by atoms with van der Waals surface area (Å²) in [5.41, 5.74) is 0.704. The first-order chi connectivity index (χ1) is 10.5. The number of carboxylic acid groups (broad SMARTS) is 1. The number of pyridine rings is 1. The molecule has 2 heterocycles. The number of benzene rings is 1. The standard InChI is InChI=1S/C15H16N2O4S/c18-15(19)14-5-1-2-9-17(14)22(20,21)12-6-7-13-11(10-12)4-3-8-16-13/h3-4,6-8,10,14H,1-2,5,9H2,(H,18,19). The van der Waals surface area contributed by atoms with Gasteiger partial charge in [-0.25, -0.2) is 8.42 Å². The molecule has 1 unspecified atom stereocenters. The van der Waals surface area contributed by atoms with Crippen LogP contribution in [-0.2, 0) is 14.8 Å². The fourth-order valence-corrected chi connectivity index (χ4v) is 4.48. The zero-order valence-corrected chi connectivity index (χ0v) is 12.7. The zero-order chi connectivity index (χ0) is 15.7. The van der Waals surface area contributed by atoms with Gasteiger partial charge in [-0.1, -0.05) is 6.07 Å². The molecule has 0 aliphatic carbocycles. The molecule has 0 spiro atoms. The van der Waals surface area contributed by atoms with E-state index in [1.165, 1.54) is 6.07 Å². The van der Waals surface area contributed by atoms with Gasteiger partial charge in [0.1, 0.15) is 6.04 Å². The van der Waals surface area contributed by atoms with E-state index in [0.717, 1.165) is 10.7 Å². The van der Waals surface area contributed by atoms with E-state index in [-0.39, 0.29) is 11.4 Å². The monoisotopic (exact) mass is 320 g/mol. The van der Waals surface area contributed by atoms with Crippen LogP contribution in [0.2, 0.25) is 0 Å². The van der Waals surface area contributed by atoms with Crippen LogP contribution >= 0.6 is 0 Å². The highest BCUT2D eigenvalue weighted by molar-refractivity contribution is 7.89. The smallest absolute Gasteiger partial charge is 0.322 e. The van der Waals surface area contributed by atoms with Crippen LogP contribution in [0.1, 0.15) is 19.3 Å². The van der Waals surface area contributed by atoms with Crippen LogP contribution in [0.4, 0.5) is 0 Å². The van der Waals surface area contributed by atoms with Crippen molar-refractivity contribution in [3.05, 3.63) is 36.5 Å². The van der Waals surface area contributed by atoms with Crippen molar-refractivity contribution >= 4 is 26.9 Å². The molecule has 3 rings (SSSR count). The molecular weight excluding hydrogens is 304 g/mol. The number of carbonyl (C=O) groups is 1. The third kappa shape index (κ3) is 2.57. The molecule has 7 heteroatoms. The van der Waals surface area contributed by atoms with Gasteiger partial charge in [-0.15, -0.1) is 0 Å². The minimum Gasteiger partial charge on any atom is -0.480 e. The Kier molecular flexibility index (Phi) is 3.84. The SMILES string of the molecule is O=C(O)C1CCCCN1S(=O)(=O)c1ccc2ncccc2c1. The lowest BCUT2D eigenvalue weighted by atomic mass is 10.1. The lowest BCUT2D eigenvalue weighted by Gasteiger charge is -2.31. The summed E-state index contributed by atoms with van der Waals surface area (Å²) >= 11 is 0. The Bertz CT molecular complexity index is 819. The Morgan fingerprint density at radius 1 is 1.27 bits per heavy atom. The molecule has 116 valence electrons. The second kappa shape index (κ2) is 5.66. The number of hydrogen-bond donors (Lipinski definition) is 1. The molecular formula is C15H16N2O4S. The largest absolute Gasteiger partial charge is 0.480 e. The van der Waals surface area contributed by atoms with Gasteiger partial charge in [0, 0.05) is 18.1 Å². The second-order valence-corrected chi connectivity index (χ2v) is 7.21. The molecule has 1 fully saturated rings. The molecule has 0 radical (unpaired) electrons. The van der Waals surface area contributed by atoms with Crippen molar-refractivity contribution in [1.82, 2.24) is 9.29 Å². The van der Waals surface area contributed by atoms with Gasteiger partial charge in [0.2, 0.25) is 10.0 Å². The summed E-state index contributed by atoms with van der Waals surface area (Å²) in [7, 11) is -3.82. The molecule has 0 amide bonds. The average Bonchev–Trinajstić information content (AvgIpc) is 2.54. The van der Waals surface area contributed by atoms with Crippen molar-refractivity contribution in [3.63, 3.8) is 0 Å². The maximum absolute atomic E-state index is 12.8. The van der Waals surface area contributed by atoms with E-state index in [4.69, 9.17) is 0 Å². The molecule has 6 nitrogen and oxygen atoms in total. The Morgan fingerprint density at radius 3 is 2.86 bits per heavy atom. The maximum atomic E-state index is 12.8. The predicted octanol–water partition coefficient (Wildman–Crippen LogP) is 1.86. The van der Waals surface area contributed by atoms with Gasteiger partial charge >= 0.3 is 5.97 Å². The van der Waals surface area contributed by atoms with Gasteiger partial charge in [-0.2, -0.15) is 4.31 Å². The first-order valence-electron chi connectivity index (χ1n) is 7.09. The van der Waals surface area contributed by atoms with Crippen LogP contribution in [0.25, 0.3) is 10.9 Å². The minimum atomic E-state index is -3.82. The number of piperidine rings is 1. The van der Waals surface area contributed by atoms with Crippen molar-refractivity contribution < 1.29 is 18.3 Å². The molecule has 1 aromatic heterocycles. The molecule has 1 aliphatic rings. The van der Waals surface area contributed by atoms with Crippen LogP contribution in [0, 0.1) is 0 Å². The lowest BCUT2D eigenvalue weighted by molar-refractivity contribution is -0.142. The summed E-state index contributed by atoms with van der Waals surface area (Å²) < 4.78 is 26.7. The van der Waals surface area contributed by atoms with E-state index in [2.05, 4.69) is 4.98 Å². The molecule has 0 saturated carbocycles. The van der Waals surface area contributed by atoms with Gasteiger partial charge in [0.25, 0.3) is 0 Å². The van der Waals surface area contributed by atoms with E-state index >= 15 is 0 Å². The molecule has 1 aromatic carbocycles. The number of sulfonamides is 1. The van der Waals surface area contributed by atoms with E-state index in [1.807, 2.05) is 0 Å². The molecule has 1 atom stereocenters. The Balaban J connectivity index is 2.04. The van der Waals surface area contributed by atoms with Gasteiger partial charge in [0.15, 0.2) is 0 Å². The number of hydrogen-bond acceptors (Lipinski definition) is 4. The number of aliphatic carboxylic acids is 1. The normalized spacial score (nSPS) is 20.1. The summed E-state index contributed by atoms with van der Waals surface area (Å²) in [6.07, 6.45) is 3.40. The number of carboxylic acids is 1. The summed E-state index contributed by atoms with van der Waals surface area (Å²) in [4.78, 5) is 15.6. The van der Waals surface area contributed by atoms with E-state index in [0.29, 0.717) is 23.7 Å². The predicted molar refractivity (Wildman–Crippen MR) is 80.9 cm³/mol. The topological polar surface area (TPSA) is 87.6 Å². The first-order valence-corrected chi connectivity index (χ1v) is 8.53. The van der Waals surface area contributed by atoms with E-state index in [9.17, 15) is 18.3 Å². The van der Waals surface area contributed by atoms with E-state index < -0.39 is 22.0 Å². The fourth-order valence-electron chi connectivity index (χ4n) is 2.79. The highest BCUT2D eigenvalue weighted by Crippen LogP contribution is 2.27. The fraction of sp³-hybridized carbons (Fsp3) is 0.333. The lowest BCUT2D eigenvalue weighted by Crippen LogP contribution is -2.47. The molecule has 0 bridgehead atoms. The number of fused-ring (bicyclic) bond motifs is 1. The van der Waals surface area contributed by atoms with Crippen LogP contribution in [0.3, 0.4) is 0 Å². The maximum Gasteiger partial charge on any atom is 0.322 e.